The lowest BCUT2D eigenvalue weighted by Gasteiger charge is -2.08. The van der Waals surface area contributed by atoms with E-state index >= 15 is 0 Å². The summed E-state index contributed by atoms with van der Waals surface area (Å²) in [7, 11) is 1.59. The fourth-order valence-corrected chi connectivity index (χ4v) is 2.83. The molecular weight excluding hydrogens is 337 g/mol. The number of aromatic nitrogens is 4. The van der Waals surface area contributed by atoms with E-state index in [-0.39, 0.29) is 17.6 Å². The minimum Gasteiger partial charge on any atom is -0.343 e. The Balaban J connectivity index is 1.63. The van der Waals surface area contributed by atoms with E-state index in [9.17, 15) is 14.0 Å². The van der Waals surface area contributed by atoms with Crippen LogP contribution >= 0.6 is 0 Å². The highest BCUT2D eigenvalue weighted by Crippen LogP contribution is 2.12. The Morgan fingerprint density at radius 1 is 1.27 bits per heavy atom. The van der Waals surface area contributed by atoms with Crippen LogP contribution in [0.3, 0.4) is 0 Å². The molecule has 130 valence electrons. The first-order valence-electron chi connectivity index (χ1n) is 7.91. The molecule has 7 nitrogen and oxygen atoms in total. The van der Waals surface area contributed by atoms with Crippen LogP contribution in [0.25, 0.3) is 21.9 Å². The van der Waals surface area contributed by atoms with E-state index in [1.165, 1.54) is 16.8 Å². The van der Waals surface area contributed by atoms with Gasteiger partial charge in [0.25, 0.3) is 5.91 Å². The van der Waals surface area contributed by atoms with Crippen molar-refractivity contribution in [1.82, 2.24) is 25.1 Å². The smallest absolute Gasteiger partial charge is 0.276 e. The number of H-pyrrole nitrogens is 1. The summed E-state index contributed by atoms with van der Waals surface area (Å²) < 4.78 is 14.9. The van der Waals surface area contributed by atoms with E-state index in [0.717, 1.165) is 17.1 Å². The number of carbonyl (C=O) groups excluding carboxylic acids is 1. The lowest BCUT2D eigenvalue weighted by molar-refractivity contribution is 0.0942. The second-order valence-electron chi connectivity index (χ2n) is 5.85. The van der Waals surface area contributed by atoms with E-state index in [0.29, 0.717) is 11.3 Å². The SMILES string of the molecule is Cn1nc(C(=O)NCc2nc3ccccc3[nH]2)c(=O)c2cc(F)ccc21. The standard InChI is InChI=1S/C18H14FN5O2/c1-24-14-7-6-10(19)8-11(14)17(25)16(23-24)18(26)20-9-15-21-12-4-2-3-5-13(12)22-15/h2-8H,9H2,1H3,(H,20,26)(H,21,22). The van der Waals surface area contributed by atoms with Crippen molar-refractivity contribution in [2.75, 3.05) is 0 Å². The number of amides is 1. The normalized spacial score (nSPS) is 11.2. The van der Waals surface area contributed by atoms with Crippen molar-refractivity contribution in [2.24, 2.45) is 7.05 Å². The Kier molecular flexibility index (Phi) is 3.72. The van der Waals surface area contributed by atoms with Gasteiger partial charge in [-0.25, -0.2) is 9.37 Å². The molecule has 26 heavy (non-hydrogen) atoms. The number of halogens is 1. The monoisotopic (exact) mass is 351 g/mol. The van der Waals surface area contributed by atoms with Crippen LogP contribution in [-0.4, -0.2) is 25.7 Å². The maximum atomic E-state index is 13.5. The lowest BCUT2D eigenvalue weighted by Crippen LogP contribution is -2.31. The quantitative estimate of drug-likeness (QED) is 0.589. The van der Waals surface area contributed by atoms with Gasteiger partial charge in [0, 0.05) is 7.05 Å². The van der Waals surface area contributed by atoms with Crippen LogP contribution in [0.4, 0.5) is 4.39 Å². The van der Waals surface area contributed by atoms with Gasteiger partial charge in [0.1, 0.15) is 11.6 Å². The predicted octanol–water partition coefficient (Wildman–Crippen LogP) is 1.88. The van der Waals surface area contributed by atoms with Crippen molar-refractivity contribution in [3.05, 3.63) is 70.0 Å². The zero-order valence-electron chi connectivity index (χ0n) is 13.8. The first-order chi connectivity index (χ1) is 12.5. The molecule has 0 atom stereocenters. The Morgan fingerprint density at radius 3 is 2.88 bits per heavy atom. The summed E-state index contributed by atoms with van der Waals surface area (Å²) in [4.78, 5) is 32.4. The molecule has 0 saturated heterocycles. The number of para-hydroxylation sites is 2. The number of nitrogens with one attached hydrogen (secondary N) is 2. The van der Waals surface area contributed by atoms with Crippen LogP contribution in [-0.2, 0) is 13.6 Å². The van der Waals surface area contributed by atoms with E-state index in [1.54, 1.807) is 7.05 Å². The van der Waals surface area contributed by atoms with Gasteiger partial charge in [0.15, 0.2) is 5.69 Å². The number of rotatable bonds is 3. The van der Waals surface area contributed by atoms with Crippen molar-refractivity contribution in [3.63, 3.8) is 0 Å². The van der Waals surface area contributed by atoms with E-state index < -0.39 is 17.2 Å². The minimum absolute atomic E-state index is 0.108. The molecule has 0 radical (unpaired) electrons. The fourth-order valence-electron chi connectivity index (χ4n) is 2.83. The van der Waals surface area contributed by atoms with E-state index in [4.69, 9.17) is 0 Å². The molecule has 0 spiro atoms. The van der Waals surface area contributed by atoms with Crippen molar-refractivity contribution >= 4 is 27.8 Å². The Bertz CT molecular complexity index is 1180. The number of nitrogens with zero attached hydrogens (tertiary/aromatic N) is 3. The highest BCUT2D eigenvalue weighted by molar-refractivity contribution is 5.95. The number of hydrogen-bond acceptors (Lipinski definition) is 4. The molecule has 0 unspecified atom stereocenters. The summed E-state index contributed by atoms with van der Waals surface area (Å²) in [6, 6.07) is 11.3. The maximum Gasteiger partial charge on any atom is 0.276 e. The van der Waals surface area contributed by atoms with E-state index in [2.05, 4.69) is 20.4 Å². The van der Waals surface area contributed by atoms with Gasteiger partial charge in [0.05, 0.1) is 28.5 Å². The average molecular weight is 351 g/mol. The molecule has 4 aromatic rings. The van der Waals surface area contributed by atoms with Crippen molar-refractivity contribution in [3.8, 4) is 0 Å². The number of hydrogen-bond donors (Lipinski definition) is 2. The number of carbonyl (C=O) groups is 1. The van der Waals surface area contributed by atoms with E-state index in [1.807, 2.05) is 24.3 Å². The number of benzene rings is 2. The molecule has 2 aromatic carbocycles. The molecule has 0 aliphatic heterocycles. The highest BCUT2D eigenvalue weighted by atomic mass is 19.1. The van der Waals surface area contributed by atoms with Gasteiger partial charge >= 0.3 is 0 Å². The second-order valence-corrected chi connectivity index (χ2v) is 5.85. The van der Waals surface area contributed by atoms with Gasteiger partial charge < -0.3 is 10.3 Å². The van der Waals surface area contributed by atoms with Crippen molar-refractivity contribution < 1.29 is 9.18 Å². The molecule has 0 bridgehead atoms. The molecule has 0 saturated carbocycles. The lowest BCUT2D eigenvalue weighted by atomic mass is 10.2. The third-order valence-electron chi connectivity index (χ3n) is 4.09. The highest BCUT2D eigenvalue weighted by Gasteiger charge is 2.17. The van der Waals surface area contributed by atoms with Gasteiger partial charge in [0.2, 0.25) is 5.43 Å². The van der Waals surface area contributed by atoms with Crippen LogP contribution in [0.5, 0.6) is 0 Å². The third kappa shape index (κ3) is 2.71. The van der Waals surface area contributed by atoms with Crippen LogP contribution in [0.1, 0.15) is 16.3 Å². The molecule has 0 aliphatic carbocycles. The van der Waals surface area contributed by atoms with Crippen molar-refractivity contribution in [1.29, 1.82) is 0 Å². The summed E-state index contributed by atoms with van der Waals surface area (Å²) >= 11 is 0. The minimum atomic E-state index is -0.641. The first kappa shape index (κ1) is 15.9. The summed E-state index contributed by atoms with van der Waals surface area (Å²) in [6.45, 7) is 0.111. The molecule has 0 fully saturated rings. The van der Waals surface area contributed by atoms with Gasteiger partial charge in [-0.15, -0.1) is 0 Å². The number of imidazole rings is 1. The number of aryl methyl sites for hydroxylation is 1. The topological polar surface area (TPSA) is 92.7 Å². The summed E-state index contributed by atoms with van der Waals surface area (Å²) in [6.07, 6.45) is 0. The zero-order chi connectivity index (χ0) is 18.3. The number of aromatic amines is 1. The Hall–Kier alpha value is -3.55. The predicted molar refractivity (Wildman–Crippen MR) is 94.2 cm³/mol. The van der Waals surface area contributed by atoms with Gasteiger partial charge in [-0.1, -0.05) is 12.1 Å². The first-order valence-corrected chi connectivity index (χ1v) is 7.91. The van der Waals surface area contributed by atoms with Crippen LogP contribution < -0.4 is 10.7 Å². The van der Waals surface area contributed by atoms with Crippen LogP contribution in [0.2, 0.25) is 0 Å². The number of fused-ring (bicyclic) bond motifs is 2. The molecule has 2 aromatic heterocycles. The third-order valence-corrected chi connectivity index (χ3v) is 4.09. The van der Waals surface area contributed by atoms with Gasteiger partial charge in [-0.3, -0.25) is 14.3 Å². The largest absolute Gasteiger partial charge is 0.343 e. The van der Waals surface area contributed by atoms with Gasteiger partial charge in [-0.05, 0) is 30.3 Å². The van der Waals surface area contributed by atoms with Gasteiger partial charge in [-0.2, -0.15) is 5.10 Å². The average Bonchev–Trinajstić information content (AvgIpc) is 3.05. The Labute approximate surface area is 146 Å². The molecular formula is C18H14FN5O2. The molecule has 1 amide bonds. The second kappa shape index (κ2) is 6.07. The van der Waals surface area contributed by atoms with Crippen LogP contribution in [0.15, 0.2) is 47.3 Å². The molecule has 2 heterocycles. The zero-order valence-corrected chi connectivity index (χ0v) is 13.8. The van der Waals surface area contributed by atoms with Crippen LogP contribution in [0, 0.1) is 5.82 Å². The molecule has 0 aliphatic rings. The molecule has 2 N–H and O–H groups in total. The summed E-state index contributed by atoms with van der Waals surface area (Å²) in [5, 5.41) is 6.75. The summed E-state index contributed by atoms with van der Waals surface area (Å²) in [5.74, 6) is -0.630. The van der Waals surface area contributed by atoms with Crippen molar-refractivity contribution in [2.45, 2.75) is 6.54 Å². The Morgan fingerprint density at radius 2 is 2.08 bits per heavy atom. The molecule has 8 heteroatoms. The summed E-state index contributed by atoms with van der Waals surface area (Å²) in [5.41, 5.74) is 1.19. The molecule has 4 rings (SSSR count). The maximum absolute atomic E-state index is 13.5. The fraction of sp³-hybridized carbons (Fsp3) is 0.111.